The largest absolute Gasteiger partial charge is 0.478 e. The van der Waals surface area contributed by atoms with Crippen LogP contribution in [0.2, 0.25) is 0 Å². The lowest BCUT2D eigenvalue weighted by atomic mass is 10.2. The molecule has 2 N–H and O–H groups in total. The van der Waals surface area contributed by atoms with E-state index in [9.17, 15) is 14.4 Å². The fraction of sp³-hybridized carbons (Fsp3) is 0.375. The van der Waals surface area contributed by atoms with Crippen LogP contribution in [-0.4, -0.2) is 35.6 Å². The minimum absolute atomic E-state index is 0.284. The number of amides is 1. The predicted molar refractivity (Wildman–Crippen MR) is 44.3 cm³/mol. The number of carboxylic acid groups (broad SMARTS) is 1. The molecule has 76 valence electrons. The molecule has 1 heterocycles. The van der Waals surface area contributed by atoms with E-state index in [1.807, 2.05) is 0 Å². The molecule has 1 aliphatic heterocycles. The third-order valence-electron chi connectivity index (χ3n) is 1.63. The van der Waals surface area contributed by atoms with E-state index >= 15 is 0 Å². The van der Waals surface area contributed by atoms with E-state index in [2.05, 4.69) is 10.1 Å². The number of ether oxygens (including phenoxy) is 1. The lowest BCUT2D eigenvalue weighted by molar-refractivity contribution is -0.140. The molecule has 1 fully saturated rings. The van der Waals surface area contributed by atoms with Crippen molar-refractivity contribution in [2.24, 2.45) is 0 Å². The maximum absolute atomic E-state index is 11.0. The number of hydrogen-bond donors (Lipinski definition) is 2. The average molecular weight is 199 g/mol. The second kappa shape index (κ2) is 4.40. The molecule has 1 aliphatic rings. The monoisotopic (exact) mass is 199 g/mol. The second-order valence-corrected chi connectivity index (χ2v) is 2.69. The van der Waals surface area contributed by atoms with E-state index in [0.717, 1.165) is 6.08 Å². The SMILES string of the molecule is O=C(O)C=CC(=O)NC1CCOC1=O. The molecule has 0 bridgehead atoms. The van der Waals surface area contributed by atoms with Crippen LogP contribution < -0.4 is 5.32 Å². The Hall–Kier alpha value is -1.85. The molecule has 0 spiro atoms. The van der Waals surface area contributed by atoms with Gasteiger partial charge in [-0.25, -0.2) is 9.59 Å². The number of rotatable bonds is 3. The van der Waals surface area contributed by atoms with E-state index < -0.39 is 23.9 Å². The summed E-state index contributed by atoms with van der Waals surface area (Å²) >= 11 is 0. The highest BCUT2D eigenvalue weighted by atomic mass is 16.5. The highest BCUT2D eigenvalue weighted by Crippen LogP contribution is 2.05. The van der Waals surface area contributed by atoms with Gasteiger partial charge in [0.25, 0.3) is 0 Å². The molecule has 0 aromatic heterocycles. The lowest BCUT2D eigenvalue weighted by Gasteiger charge is -2.04. The van der Waals surface area contributed by atoms with Gasteiger partial charge >= 0.3 is 11.9 Å². The molecule has 0 aromatic carbocycles. The number of carboxylic acids is 1. The zero-order valence-corrected chi connectivity index (χ0v) is 7.23. The Bertz CT molecular complexity index is 296. The van der Waals surface area contributed by atoms with Gasteiger partial charge in [0.05, 0.1) is 6.61 Å². The van der Waals surface area contributed by atoms with Crippen LogP contribution in [0.15, 0.2) is 12.2 Å². The van der Waals surface area contributed by atoms with Crippen molar-refractivity contribution in [1.82, 2.24) is 5.32 Å². The number of carbonyl (C=O) groups is 3. The molecule has 1 rings (SSSR count). The molecule has 6 heteroatoms. The number of esters is 1. The zero-order chi connectivity index (χ0) is 10.6. The number of cyclic esters (lactones) is 1. The van der Waals surface area contributed by atoms with Gasteiger partial charge in [-0.05, 0) is 0 Å². The molecule has 1 saturated heterocycles. The third kappa shape index (κ3) is 2.89. The molecule has 6 nitrogen and oxygen atoms in total. The summed E-state index contributed by atoms with van der Waals surface area (Å²) in [6, 6.07) is -0.652. The normalized spacial score (nSPS) is 20.9. The topological polar surface area (TPSA) is 92.7 Å². The van der Waals surface area contributed by atoms with Crippen molar-refractivity contribution < 1.29 is 24.2 Å². The summed E-state index contributed by atoms with van der Waals surface area (Å²) in [7, 11) is 0. The molecule has 1 unspecified atom stereocenters. The Labute approximate surface area is 79.5 Å². The molecule has 1 amide bonds. The van der Waals surface area contributed by atoms with Gasteiger partial charge in [0.2, 0.25) is 5.91 Å². The van der Waals surface area contributed by atoms with Crippen molar-refractivity contribution in [3.05, 3.63) is 12.2 Å². The van der Waals surface area contributed by atoms with E-state index in [4.69, 9.17) is 5.11 Å². The Morgan fingerprint density at radius 1 is 1.50 bits per heavy atom. The summed E-state index contributed by atoms with van der Waals surface area (Å²) in [6.07, 6.45) is 1.98. The van der Waals surface area contributed by atoms with E-state index in [1.54, 1.807) is 0 Å². The number of aliphatic carboxylic acids is 1. The van der Waals surface area contributed by atoms with Gasteiger partial charge in [0.1, 0.15) is 6.04 Å². The standard InChI is InChI=1S/C8H9NO5/c10-6(1-2-7(11)12)9-5-3-4-14-8(5)13/h1-2,5H,3-4H2,(H,9,10)(H,11,12). The fourth-order valence-electron chi connectivity index (χ4n) is 0.994. The van der Waals surface area contributed by atoms with Gasteiger partial charge in [0.15, 0.2) is 0 Å². The second-order valence-electron chi connectivity index (χ2n) is 2.69. The summed E-state index contributed by atoms with van der Waals surface area (Å²) in [5.74, 6) is -2.31. The molecule has 1 atom stereocenters. The van der Waals surface area contributed by atoms with Gasteiger partial charge in [-0.15, -0.1) is 0 Å². The molecule has 0 aliphatic carbocycles. The lowest BCUT2D eigenvalue weighted by Crippen LogP contribution is -2.36. The van der Waals surface area contributed by atoms with Crippen LogP contribution in [0.5, 0.6) is 0 Å². The maximum atomic E-state index is 11.0. The van der Waals surface area contributed by atoms with Gasteiger partial charge in [-0.1, -0.05) is 0 Å². The first-order valence-electron chi connectivity index (χ1n) is 3.98. The molecule has 14 heavy (non-hydrogen) atoms. The van der Waals surface area contributed by atoms with E-state index in [0.29, 0.717) is 12.5 Å². The molecule has 0 aromatic rings. The van der Waals surface area contributed by atoms with Crippen molar-refractivity contribution in [3.63, 3.8) is 0 Å². The van der Waals surface area contributed by atoms with E-state index in [-0.39, 0.29) is 6.61 Å². The molecular weight excluding hydrogens is 190 g/mol. The first kappa shape index (κ1) is 10.2. The predicted octanol–water partition coefficient (Wildman–Crippen LogP) is -0.941. The highest BCUT2D eigenvalue weighted by molar-refractivity contribution is 5.96. The minimum Gasteiger partial charge on any atom is -0.478 e. The summed E-state index contributed by atoms with van der Waals surface area (Å²) in [4.78, 5) is 31.9. The van der Waals surface area contributed by atoms with Gasteiger partial charge in [0, 0.05) is 18.6 Å². The van der Waals surface area contributed by atoms with Crippen molar-refractivity contribution in [1.29, 1.82) is 0 Å². The maximum Gasteiger partial charge on any atom is 0.328 e. The van der Waals surface area contributed by atoms with Crippen LogP contribution in [0.4, 0.5) is 0 Å². The summed E-state index contributed by atoms with van der Waals surface area (Å²) in [6.45, 7) is 0.284. The Morgan fingerprint density at radius 2 is 2.21 bits per heavy atom. The molecule has 0 saturated carbocycles. The van der Waals surface area contributed by atoms with Crippen molar-refractivity contribution in [2.75, 3.05) is 6.61 Å². The van der Waals surface area contributed by atoms with Gasteiger partial charge < -0.3 is 15.2 Å². The quantitative estimate of drug-likeness (QED) is 0.452. The average Bonchev–Trinajstić information content (AvgIpc) is 2.49. The van der Waals surface area contributed by atoms with Crippen molar-refractivity contribution in [2.45, 2.75) is 12.5 Å². The fourth-order valence-corrected chi connectivity index (χ4v) is 0.994. The summed E-state index contributed by atoms with van der Waals surface area (Å²) in [5, 5.41) is 10.5. The van der Waals surface area contributed by atoms with Crippen LogP contribution in [0.25, 0.3) is 0 Å². The van der Waals surface area contributed by atoms with E-state index in [1.165, 1.54) is 0 Å². The minimum atomic E-state index is -1.21. The third-order valence-corrected chi connectivity index (χ3v) is 1.63. The van der Waals surface area contributed by atoms with Crippen molar-refractivity contribution >= 4 is 17.8 Å². The zero-order valence-electron chi connectivity index (χ0n) is 7.23. The number of carbonyl (C=O) groups excluding carboxylic acids is 2. The van der Waals surface area contributed by atoms with Crippen LogP contribution in [0, 0.1) is 0 Å². The molecular formula is C8H9NO5. The van der Waals surface area contributed by atoms with Crippen LogP contribution >= 0.6 is 0 Å². The van der Waals surface area contributed by atoms with Gasteiger partial charge in [-0.3, -0.25) is 4.79 Å². The van der Waals surface area contributed by atoms with Gasteiger partial charge in [-0.2, -0.15) is 0 Å². The molecule has 0 radical (unpaired) electrons. The van der Waals surface area contributed by atoms with Crippen molar-refractivity contribution in [3.8, 4) is 0 Å². The first-order chi connectivity index (χ1) is 6.59. The van der Waals surface area contributed by atoms with Crippen LogP contribution in [-0.2, 0) is 19.1 Å². The Balaban J connectivity index is 2.40. The first-order valence-corrected chi connectivity index (χ1v) is 3.98. The summed E-state index contributed by atoms with van der Waals surface area (Å²) in [5.41, 5.74) is 0. The summed E-state index contributed by atoms with van der Waals surface area (Å²) < 4.78 is 4.60. The Morgan fingerprint density at radius 3 is 2.71 bits per heavy atom. The van der Waals surface area contributed by atoms with Crippen LogP contribution in [0.3, 0.4) is 0 Å². The number of hydrogen-bond acceptors (Lipinski definition) is 4. The Kier molecular flexibility index (Phi) is 3.22. The smallest absolute Gasteiger partial charge is 0.328 e. The number of nitrogens with one attached hydrogen (secondary N) is 1. The highest BCUT2D eigenvalue weighted by Gasteiger charge is 2.27. The van der Waals surface area contributed by atoms with Crippen LogP contribution in [0.1, 0.15) is 6.42 Å².